The summed E-state index contributed by atoms with van der Waals surface area (Å²) in [5.41, 5.74) is 0. The molecule has 44 heavy (non-hydrogen) atoms. The van der Waals surface area contributed by atoms with E-state index < -0.39 is 15.8 Å². The largest absolute Gasteiger partial charge is 0.102 e. The second kappa shape index (κ2) is 23.2. The summed E-state index contributed by atoms with van der Waals surface area (Å²) in [4.78, 5) is 15.5. The van der Waals surface area contributed by atoms with Gasteiger partial charge in [-0.05, 0) is 72.8 Å². The van der Waals surface area contributed by atoms with Crippen molar-refractivity contribution < 1.29 is 22.1 Å². The molecule has 0 unspecified atom stereocenters. The molecule has 0 aromatic heterocycles. The van der Waals surface area contributed by atoms with Gasteiger partial charge in [0.15, 0.2) is 0 Å². The zero-order valence-corrected chi connectivity index (χ0v) is 29.2. The van der Waals surface area contributed by atoms with Crippen LogP contribution in [0.2, 0.25) is 0 Å². The van der Waals surface area contributed by atoms with Crippen LogP contribution < -0.4 is 31.8 Å². The number of hydrogen-bond acceptors (Lipinski definition) is 2. The van der Waals surface area contributed by atoms with Crippen molar-refractivity contribution in [2.75, 3.05) is 0 Å². The number of hydrogen-bond donors (Lipinski definition) is 0. The molecule has 0 amide bonds. The predicted octanol–water partition coefficient (Wildman–Crippen LogP) is 6.69. The first-order chi connectivity index (χ1) is 21.9. The third-order valence-electron chi connectivity index (χ3n) is 6.37. The summed E-state index contributed by atoms with van der Waals surface area (Å²) in [6.07, 6.45) is 0. The van der Waals surface area contributed by atoms with E-state index in [9.17, 15) is 0 Å². The Morgan fingerprint density at radius 3 is 0.523 bits per heavy atom. The van der Waals surface area contributed by atoms with E-state index in [0.717, 1.165) is 0 Å². The second-order valence-corrected chi connectivity index (χ2v) is 13.9. The Hall–Kier alpha value is -3.24. The molecule has 0 bridgehead atoms. The first-order valence-corrected chi connectivity index (χ1v) is 19.9. The molecule has 6 aromatic carbocycles. The van der Waals surface area contributed by atoms with Gasteiger partial charge in [0.2, 0.25) is 0 Å². The van der Waals surface area contributed by atoms with E-state index in [2.05, 4.69) is 208 Å². The first kappa shape index (κ1) is 36.9. The Kier molecular flexibility index (Phi) is 19.5. The van der Waals surface area contributed by atoms with E-state index >= 15 is 0 Å². The van der Waals surface area contributed by atoms with Crippen molar-refractivity contribution in [1.29, 1.82) is 0 Å². The van der Waals surface area contributed by atoms with Gasteiger partial charge >= 0.3 is 32.9 Å². The number of benzene rings is 6. The molecule has 0 atom stereocenters. The van der Waals surface area contributed by atoms with E-state index in [1.807, 2.05) is 20.4 Å². The van der Waals surface area contributed by atoms with E-state index in [0.29, 0.717) is 0 Å². The molecule has 6 rings (SSSR count). The molecule has 222 valence electrons. The molecule has 0 aliphatic heterocycles. The molecule has 0 aliphatic rings. The van der Waals surface area contributed by atoms with Crippen LogP contribution in [0.1, 0.15) is 0 Å². The number of carbonyl (C=O) groups excluding carboxylic acids is 2. The molecule has 0 saturated carbocycles. The minimum atomic E-state index is -0.877. The van der Waals surface area contributed by atoms with Crippen LogP contribution in [0.3, 0.4) is 0 Å². The van der Waals surface area contributed by atoms with Gasteiger partial charge in [0.25, 0.3) is 0 Å². The molecule has 0 aliphatic carbocycles. The van der Waals surface area contributed by atoms with Crippen molar-refractivity contribution >= 4 is 81.7 Å². The fourth-order valence-electron chi connectivity index (χ4n) is 4.63. The zero-order valence-electron chi connectivity index (χ0n) is 24.0. The number of rotatable bonds is 6. The van der Waals surface area contributed by atoms with Gasteiger partial charge in [-0.25, -0.2) is 0 Å². The Labute approximate surface area is 283 Å². The molecule has 6 heteroatoms. The van der Waals surface area contributed by atoms with Crippen LogP contribution in [-0.2, 0) is 22.1 Å². The summed E-state index contributed by atoms with van der Waals surface area (Å²) in [7, 11) is -1.75. The van der Waals surface area contributed by atoms with E-state index in [1.165, 1.54) is 31.8 Å². The third kappa shape index (κ3) is 11.7. The van der Waals surface area contributed by atoms with Gasteiger partial charge in [-0.3, -0.25) is 13.6 Å². The molecular weight excluding hydrogens is 736 g/mol. The Morgan fingerprint density at radius 2 is 0.409 bits per heavy atom. The van der Waals surface area contributed by atoms with Crippen molar-refractivity contribution in [3.05, 3.63) is 182 Å². The number of halogens is 1. The molecule has 0 radical (unpaired) electrons. The molecule has 2 nitrogen and oxygen atoms in total. The quantitative estimate of drug-likeness (QED) is 0.0820. The fraction of sp³-hybridized carbons (Fsp3) is 0. The molecule has 0 saturated heterocycles. The second-order valence-electron chi connectivity index (χ2n) is 8.95. The van der Waals surface area contributed by atoms with Crippen LogP contribution in [0.5, 0.6) is 0 Å². The Morgan fingerprint density at radius 1 is 0.295 bits per heavy atom. The van der Waals surface area contributed by atoms with Gasteiger partial charge in [-0.2, -0.15) is 0 Å². The Balaban J connectivity index is 0.000000263. The monoisotopic (exact) mass is 770 g/mol. The summed E-state index contributed by atoms with van der Waals surface area (Å²) in [5.74, 6) is 0. The smallest absolute Gasteiger partial charge is 0.0620 e. The van der Waals surface area contributed by atoms with Crippen molar-refractivity contribution in [3.8, 4) is 0 Å². The maximum absolute atomic E-state index is 7.75. The van der Waals surface area contributed by atoms with Crippen molar-refractivity contribution in [2.24, 2.45) is 0 Å². The molecule has 0 N–H and O–H groups in total. The van der Waals surface area contributed by atoms with Gasteiger partial charge in [-0.1, -0.05) is 109 Å². The van der Waals surface area contributed by atoms with Crippen LogP contribution in [0.4, 0.5) is 0 Å². The fourth-order valence-corrected chi connectivity index (χ4v) is 9.78. The summed E-state index contributed by atoms with van der Waals surface area (Å²) in [6, 6.07) is 65.0. The standard InChI is InChI=1S/2C18H15P.2CHO.Co.HI/c2*1-4-10-16(11-5-1)19(17-12-6-2-7-13-17)18-14-8-3-9-15-18;2*1-2;;/h2*1-15H;2*1H;;1H/q;;2*-1;+3;/p+1. The zero-order chi connectivity index (χ0) is 31.8. The van der Waals surface area contributed by atoms with Gasteiger partial charge in [0.1, 0.15) is 31.8 Å². The molecule has 0 fully saturated rings. The first-order valence-electron chi connectivity index (χ1n) is 13.6. The molecule has 6 aromatic rings. The van der Waals surface area contributed by atoms with E-state index in [4.69, 9.17) is 9.59 Å². The van der Waals surface area contributed by atoms with Crippen LogP contribution in [-0.4, -0.2) is 13.6 Å². The van der Waals surface area contributed by atoms with Gasteiger partial charge < -0.3 is 9.59 Å². The minimum absolute atomic E-state index is 0.877. The molecular formula is C38H34CoIO2P2+2. The van der Waals surface area contributed by atoms with Crippen molar-refractivity contribution in [2.45, 2.75) is 0 Å². The van der Waals surface area contributed by atoms with Crippen molar-refractivity contribution in [1.82, 2.24) is 0 Å². The normalized spacial score (nSPS) is 9.45. The predicted molar refractivity (Wildman–Crippen MR) is 201 cm³/mol. The molecule has 0 spiro atoms. The third-order valence-corrected chi connectivity index (χ3v) is 11.8. The van der Waals surface area contributed by atoms with E-state index in [-0.39, 0.29) is 0 Å². The summed E-state index contributed by atoms with van der Waals surface area (Å²) in [6.45, 7) is 6.50. The minimum Gasteiger partial charge on any atom is -0.0620 e. The van der Waals surface area contributed by atoms with Crippen molar-refractivity contribution in [3.63, 3.8) is 0 Å². The molecule has 0 heterocycles. The maximum Gasteiger partial charge on any atom is 0.102 e. The van der Waals surface area contributed by atoms with Crippen LogP contribution >= 0.6 is 36.3 Å². The topological polar surface area (TPSA) is 34.1 Å². The summed E-state index contributed by atoms with van der Waals surface area (Å²) < 4.78 is 0. The summed E-state index contributed by atoms with van der Waals surface area (Å²) >= 11 is 5.37. The van der Waals surface area contributed by atoms with Crippen LogP contribution in [0.25, 0.3) is 0 Å². The Bertz CT molecular complexity index is 1220. The van der Waals surface area contributed by atoms with Gasteiger partial charge in [-0.15, -0.1) is 0 Å². The maximum atomic E-state index is 7.75. The average molecular weight is 770 g/mol. The van der Waals surface area contributed by atoms with E-state index in [1.54, 1.807) is 0 Å². The average Bonchev–Trinajstić information content (AvgIpc) is 3.14. The van der Waals surface area contributed by atoms with Crippen LogP contribution in [0, 0.1) is 0 Å². The summed E-state index contributed by atoms with van der Waals surface area (Å²) in [5, 5.41) is 8.61. The van der Waals surface area contributed by atoms with Gasteiger partial charge in [0, 0.05) is 0 Å². The van der Waals surface area contributed by atoms with Gasteiger partial charge in [0.05, 0.1) is 15.8 Å². The SMILES string of the molecule is [CH-]=O.[CH-]=O.[Co+2][I].c1ccc([PH+](c2ccccc2)c2ccccc2)cc1.c1ccc([PH+](c2ccccc2)c2ccccc2)cc1. The van der Waals surface area contributed by atoms with Crippen LogP contribution in [0.15, 0.2) is 182 Å².